The molecule has 0 bridgehead atoms. The number of hydrogen-bond donors (Lipinski definition) is 0. The first-order valence-corrected chi connectivity index (χ1v) is 10.7. The molecule has 2 heteroatoms. The van der Waals surface area contributed by atoms with Gasteiger partial charge < -0.3 is 4.74 Å². The fourth-order valence-corrected chi connectivity index (χ4v) is 3.03. The van der Waals surface area contributed by atoms with Crippen molar-refractivity contribution in [2.24, 2.45) is 0 Å². The molecule has 1 aliphatic rings. The average Bonchev–Trinajstić information content (AvgIpc) is 2.65. The molecule has 25 heavy (non-hydrogen) atoms. The van der Waals surface area contributed by atoms with Crippen LogP contribution in [0, 0.1) is 23.7 Å². The Kier molecular flexibility index (Phi) is 14.6. The fraction of sp³-hybridized carbons (Fsp3) is 0.826. The molecule has 0 radical (unpaired) electrons. The second kappa shape index (κ2) is 16.5. The molecule has 0 N–H and O–H groups in total. The summed E-state index contributed by atoms with van der Waals surface area (Å²) in [6, 6.07) is 0.107. The van der Waals surface area contributed by atoms with E-state index in [1.165, 1.54) is 64.2 Å². The van der Waals surface area contributed by atoms with Crippen LogP contribution in [0.5, 0.6) is 0 Å². The third-order valence-corrected chi connectivity index (χ3v) is 4.70. The van der Waals surface area contributed by atoms with Gasteiger partial charge in [0.2, 0.25) is 0 Å². The van der Waals surface area contributed by atoms with Crippen molar-refractivity contribution in [2.45, 2.75) is 96.9 Å². The molecule has 142 valence electrons. The second-order valence-electron chi connectivity index (χ2n) is 7.02. The first-order valence-electron chi connectivity index (χ1n) is 10.7. The van der Waals surface area contributed by atoms with Crippen molar-refractivity contribution < 1.29 is 4.74 Å². The molecule has 0 aromatic heterocycles. The summed E-state index contributed by atoms with van der Waals surface area (Å²) in [6.07, 6.45) is 15.1. The molecule has 1 fully saturated rings. The molecular formula is C23H39NO. The third-order valence-electron chi connectivity index (χ3n) is 4.70. The predicted octanol–water partition coefficient (Wildman–Crippen LogP) is 5.42. The zero-order chi connectivity index (χ0) is 18.0. The smallest absolute Gasteiger partial charge is 0.134 e. The Hall–Kier alpha value is -0.960. The molecule has 0 saturated carbocycles. The molecule has 1 rings (SSSR count). The summed E-state index contributed by atoms with van der Waals surface area (Å²) in [4.78, 5) is 2.39. The molecular weight excluding hydrogens is 306 g/mol. The van der Waals surface area contributed by atoms with Gasteiger partial charge in [0, 0.05) is 25.9 Å². The van der Waals surface area contributed by atoms with Gasteiger partial charge in [-0.15, -0.1) is 11.8 Å². The Morgan fingerprint density at radius 3 is 1.68 bits per heavy atom. The normalized spacial score (nSPS) is 14.7. The number of rotatable bonds is 11. The lowest BCUT2D eigenvalue weighted by atomic mass is 10.1. The summed E-state index contributed by atoms with van der Waals surface area (Å²) >= 11 is 0. The van der Waals surface area contributed by atoms with E-state index in [-0.39, 0.29) is 6.04 Å². The van der Waals surface area contributed by atoms with Crippen LogP contribution in [0.3, 0.4) is 0 Å². The largest absolute Gasteiger partial charge is 0.379 e. The van der Waals surface area contributed by atoms with E-state index in [0.717, 1.165) is 39.1 Å². The van der Waals surface area contributed by atoms with E-state index in [2.05, 4.69) is 42.4 Å². The van der Waals surface area contributed by atoms with E-state index >= 15 is 0 Å². The van der Waals surface area contributed by atoms with Crippen LogP contribution in [0.25, 0.3) is 0 Å². The highest BCUT2D eigenvalue weighted by Crippen LogP contribution is 2.07. The van der Waals surface area contributed by atoms with Gasteiger partial charge in [0.1, 0.15) is 6.04 Å². The standard InChI is InChI=1S/C23H39NO/c1-3-5-7-9-11-13-15-17-23(24-19-21-25-22-20-24)18-16-14-12-10-8-6-4-2/h23H,3-14,19-22H2,1-2H3. The van der Waals surface area contributed by atoms with E-state index in [9.17, 15) is 0 Å². The van der Waals surface area contributed by atoms with Crippen LogP contribution >= 0.6 is 0 Å². The Balaban J connectivity index is 2.36. The first-order chi connectivity index (χ1) is 12.4. The van der Waals surface area contributed by atoms with Gasteiger partial charge in [0.05, 0.1) is 13.2 Å². The first kappa shape index (κ1) is 22.1. The monoisotopic (exact) mass is 345 g/mol. The number of morpholine rings is 1. The van der Waals surface area contributed by atoms with Crippen LogP contribution in [0.2, 0.25) is 0 Å². The minimum absolute atomic E-state index is 0.107. The van der Waals surface area contributed by atoms with E-state index in [1.54, 1.807) is 0 Å². The third kappa shape index (κ3) is 12.1. The van der Waals surface area contributed by atoms with Crippen LogP contribution in [-0.4, -0.2) is 37.2 Å². The van der Waals surface area contributed by atoms with Crippen molar-refractivity contribution >= 4 is 0 Å². The maximum absolute atomic E-state index is 5.47. The summed E-state index contributed by atoms with van der Waals surface area (Å²) < 4.78 is 5.47. The van der Waals surface area contributed by atoms with Gasteiger partial charge in [-0.3, -0.25) is 4.90 Å². The molecule has 2 nitrogen and oxygen atoms in total. The van der Waals surface area contributed by atoms with Gasteiger partial charge >= 0.3 is 0 Å². The van der Waals surface area contributed by atoms with Crippen LogP contribution in [0.4, 0.5) is 0 Å². The topological polar surface area (TPSA) is 12.5 Å². The maximum Gasteiger partial charge on any atom is 0.134 e. The Morgan fingerprint density at radius 2 is 1.20 bits per heavy atom. The Morgan fingerprint density at radius 1 is 0.720 bits per heavy atom. The Labute approximate surface area is 157 Å². The lowest BCUT2D eigenvalue weighted by Gasteiger charge is -2.28. The highest BCUT2D eigenvalue weighted by atomic mass is 16.5. The van der Waals surface area contributed by atoms with Crippen LogP contribution < -0.4 is 0 Å². The summed E-state index contributed by atoms with van der Waals surface area (Å²) in [7, 11) is 0. The van der Waals surface area contributed by atoms with Gasteiger partial charge in [-0.2, -0.15) is 0 Å². The number of nitrogens with zero attached hydrogens (tertiary/aromatic N) is 1. The van der Waals surface area contributed by atoms with E-state index in [4.69, 9.17) is 4.74 Å². The molecule has 0 aliphatic carbocycles. The minimum Gasteiger partial charge on any atom is -0.379 e. The maximum atomic E-state index is 5.47. The van der Waals surface area contributed by atoms with Crippen LogP contribution in [0.1, 0.15) is 90.9 Å². The van der Waals surface area contributed by atoms with Crippen molar-refractivity contribution in [1.29, 1.82) is 0 Å². The van der Waals surface area contributed by atoms with Gasteiger partial charge in [0.15, 0.2) is 0 Å². The molecule has 1 aliphatic heterocycles. The molecule has 0 aromatic carbocycles. The lowest BCUT2D eigenvalue weighted by molar-refractivity contribution is 0.0356. The quantitative estimate of drug-likeness (QED) is 0.366. The van der Waals surface area contributed by atoms with Gasteiger partial charge in [-0.05, 0) is 12.8 Å². The molecule has 1 heterocycles. The van der Waals surface area contributed by atoms with E-state index in [1.807, 2.05) is 0 Å². The molecule has 1 saturated heterocycles. The molecule has 0 atom stereocenters. The summed E-state index contributed by atoms with van der Waals surface area (Å²) in [5, 5.41) is 0. The van der Waals surface area contributed by atoms with Gasteiger partial charge in [-0.25, -0.2) is 0 Å². The Bertz CT molecular complexity index is 385. The second-order valence-corrected chi connectivity index (χ2v) is 7.02. The molecule has 0 unspecified atom stereocenters. The highest BCUT2D eigenvalue weighted by Gasteiger charge is 2.16. The predicted molar refractivity (Wildman–Crippen MR) is 108 cm³/mol. The van der Waals surface area contributed by atoms with Crippen molar-refractivity contribution in [3.05, 3.63) is 0 Å². The van der Waals surface area contributed by atoms with E-state index in [0.29, 0.717) is 0 Å². The van der Waals surface area contributed by atoms with Crippen molar-refractivity contribution in [3.63, 3.8) is 0 Å². The molecule has 0 aromatic rings. The molecule has 0 amide bonds. The zero-order valence-electron chi connectivity index (χ0n) is 16.7. The van der Waals surface area contributed by atoms with Crippen molar-refractivity contribution in [3.8, 4) is 23.7 Å². The van der Waals surface area contributed by atoms with Crippen LogP contribution in [-0.2, 0) is 4.74 Å². The van der Waals surface area contributed by atoms with Crippen molar-refractivity contribution in [2.75, 3.05) is 26.3 Å². The fourth-order valence-electron chi connectivity index (χ4n) is 3.03. The minimum atomic E-state index is 0.107. The highest BCUT2D eigenvalue weighted by molar-refractivity contribution is 5.23. The molecule has 0 spiro atoms. The zero-order valence-corrected chi connectivity index (χ0v) is 16.7. The van der Waals surface area contributed by atoms with Gasteiger partial charge in [-0.1, -0.05) is 77.1 Å². The number of ether oxygens (including phenoxy) is 1. The number of hydrogen-bond acceptors (Lipinski definition) is 2. The van der Waals surface area contributed by atoms with Gasteiger partial charge in [0.25, 0.3) is 0 Å². The SMILES string of the molecule is CCCCCCCC#CC(C#CCCCCCCC)N1CCOCC1. The summed E-state index contributed by atoms with van der Waals surface area (Å²) in [6.45, 7) is 8.06. The average molecular weight is 346 g/mol. The lowest BCUT2D eigenvalue weighted by Crippen LogP contribution is -2.42. The number of unbranched alkanes of at least 4 members (excludes halogenated alkanes) is 10. The van der Waals surface area contributed by atoms with E-state index < -0.39 is 0 Å². The summed E-state index contributed by atoms with van der Waals surface area (Å²) in [5.41, 5.74) is 0. The van der Waals surface area contributed by atoms with Crippen LogP contribution in [0.15, 0.2) is 0 Å². The summed E-state index contributed by atoms with van der Waals surface area (Å²) in [5.74, 6) is 13.7. The van der Waals surface area contributed by atoms with Crippen molar-refractivity contribution in [1.82, 2.24) is 4.90 Å².